The van der Waals surface area contributed by atoms with Gasteiger partial charge in [-0.05, 0) is 35.4 Å². The van der Waals surface area contributed by atoms with E-state index in [-0.39, 0.29) is 5.41 Å². The van der Waals surface area contributed by atoms with Gasteiger partial charge in [-0.1, -0.05) is 20.8 Å². The van der Waals surface area contributed by atoms with Crippen LogP contribution in [0.5, 0.6) is 0 Å². The number of rotatable bonds is 5. The largest absolute Gasteiger partial charge is 0.307 e. The summed E-state index contributed by atoms with van der Waals surface area (Å²) in [6, 6.07) is 2.13. The van der Waals surface area contributed by atoms with Crippen molar-refractivity contribution in [2.75, 3.05) is 0 Å². The van der Waals surface area contributed by atoms with Crippen molar-refractivity contribution < 1.29 is 0 Å². The van der Waals surface area contributed by atoms with E-state index in [1.807, 2.05) is 23.7 Å². The molecule has 1 N–H and O–H groups in total. The van der Waals surface area contributed by atoms with Crippen LogP contribution >= 0.6 is 11.3 Å². The summed E-state index contributed by atoms with van der Waals surface area (Å²) < 4.78 is 0. The van der Waals surface area contributed by atoms with E-state index in [9.17, 15) is 0 Å². The first-order chi connectivity index (χ1) is 10.0. The van der Waals surface area contributed by atoms with E-state index in [0.717, 1.165) is 19.0 Å². The van der Waals surface area contributed by atoms with Gasteiger partial charge in [0.15, 0.2) is 0 Å². The Hall–Kier alpha value is -1.26. The van der Waals surface area contributed by atoms with E-state index < -0.39 is 0 Å². The second-order valence-corrected chi connectivity index (χ2v) is 7.73. The molecule has 0 bridgehead atoms. The molecule has 1 aliphatic rings. The number of nitrogens with zero attached hydrogens (tertiary/aromatic N) is 2. The second kappa shape index (κ2) is 5.85. The fourth-order valence-electron chi connectivity index (χ4n) is 2.55. The van der Waals surface area contributed by atoms with Gasteiger partial charge >= 0.3 is 0 Å². The molecular formula is C17H23N3S. The lowest BCUT2D eigenvalue weighted by Crippen LogP contribution is -2.19. The smallest absolute Gasteiger partial charge is 0.0959 e. The zero-order valence-corrected chi connectivity index (χ0v) is 13.8. The maximum atomic E-state index is 4.72. The van der Waals surface area contributed by atoms with Gasteiger partial charge in [-0.25, -0.2) is 4.98 Å². The maximum absolute atomic E-state index is 4.72. The molecule has 4 heteroatoms. The molecule has 2 aromatic rings. The lowest BCUT2D eigenvalue weighted by Gasteiger charge is -2.22. The Balaban J connectivity index is 1.59. The van der Waals surface area contributed by atoms with Crippen LogP contribution in [0, 0.1) is 0 Å². The molecule has 0 aliphatic heterocycles. The molecule has 21 heavy (non-hydrogen) atoms. The Bertz CT molecular complexity index is 608. The van der Waals surface area contributed by atoms with Crippen LogP contribution in [-0.2, 0) is 18.5 Å². The summed E-state index contributed by atoms with van der Waals surface area (Å²) in [7, 11) is 0. The van der Waals surface area contributed by atoms with Gasteiger partial charge in [0, 0.05) is 36.8 Å². The Kier molecular flexibility index (Phi) is 4.09. The summed E-state index contributed by atoms with van der Waals surface area (Å²) in [5, 5.41) is 7.02. The summed E-state index contributed by atoms with van der Waals surface area (Å²) in [6.45, 7) is 8.41. The van der Waals surface area contributed by atoms with Crippen LogP contribution in [0.25, 0.3) is 0 Å². The molecule has 3 rings (SSSR count). The Morgan fingerprint density at radius 2 is 2.10 bits per heavy atom. The van der Waals surface area contributed by atoms with Crippen molar-refractivity contribution in [2.45, 2.75) is 58.0 Å². The first kappa shape index (κ1) is 14.7. The summed E-state index contributed by atoms with van der Waals surface area (Å²) >= 11 is 1.81. The van der Waals surface area contributed by atoms with Crippen LogP contribution in [0.15, 0.2) is 23.8 Å². The van der Waals surface area contributed by atoms with E-state index in [1.165, 1.54) is 34.7 Å². The molecule has 1 fully saturated rings. The second-order valence-electron chi connectivity index (χ2n) is 6.84. The van der Waals surface area contributed by atoms with Crippen molar-refractivity contribution in [1.82, 2.24) is 15.3 Å². The molecule has 0 amide bonds. The lowest BCUT2D eigenvalue weighted by atomic mass is 9.85. The van der Waals surface area contributed by atoms with Gasteiger partial charge in [0.05, 0.1) is 10.7 Å². The highest BCUT2D eigenvalue weighted by Crippen LogP contribution is 2.41. The van der Waals surface area contributed by atoms with Gasteiger partial charge in [0.1, 0.15) is 0 Å². The first-order valence-corrected chi connectivity index (χ1v) is 8.50. The van der Waals surface area contributed by atoms with Crippen LogP contribution in [0.3, 0.4) is 0 Å². The minimum atomic E-state index is 0.153. The van der Waals surface area contributed by atoms with E-state index >= 15 is 0 Å². The predicted octanol–water partition coefficient (Wildman–Crippen LogP) is 4.00. The maximum Gasteiger partial charge on any atom is 0.0959 e. The average Bonchev–Trinajstić information content (AvgIpc) is 3.18. The SMILES string of the molecule is CC(C)(C)c1ccncc1CNCc1csc(C2CC2)n1. The van der Waals surface area contributed by atoms with Crippen molar-refractivity contribution in [3.05, 3.63) is 45.7 Å². The van der Waals surface area contributed by atoms with Gasteiger partial charge in [0.2, 0.25) is 0 Å². The monoisotopic (exact) mass is 301 g/mol. The van der Waals surface area contributed by atoms with Crippen LogP contribution in [0.1, 0.15) is 61.4 Å². The molecule has 0 spiro atoms. The van der Waals surface area contributed by atoms with Crippen molar-refractivity contribution >= 4 is 11.3 Å². The summed E-state index contributed by atoms with van der Waals surface area (Å²) in [4.78, 5) is 8.98. The van der Waals surface area contributed by atoms with Gasteiger partial charge in [-0.3, -0.25) is 4.98 Å². The highest BCUT2D eigenvalue weighted by Gasteiger charge is 2.26. The molecule has 1 saturated carbocycles. The van der Waals surface area contributed by atoms with Gasteiger partial charge < -0.3 is 5.32 Å². The van der Waals surface area contributed by atoms with E-state index in [0.29, 0.717) is 0 Å². The lowest BCUT2D eigenvalue weighted by molar-refractivity contribution is 0.570. The van der Waals surface area contributed by atoms with Crippen LogP contribution in [0.2, 0.25) is 0 Å². The van der Waals surface area contributed by atoms with E-state index in [2.05, 4.69) is 42.5 Å². The molecular weight excluding hydrogens is 278 g/mol. The normalized spacial score (nSPS) is 15.4. The highest BCUT2D eigenvalue weighted by atomic mass is 32.1. The van der Waals surface area contributed by atoms with Crippen molar-refractivity contribution in [3.63, 3.8) is 0 Å². The summed E-state index contributed by atoms with van der Waals surface area (Å²) in [6.07, 6.45) is 6.51. The molecule has 1 aliphatic carbocycles. The van der Waals surface area contributed by atoms with E-state index in [1.54, 1.807) is 0 Å². The van der Waals surface area contributed by atoms with Gasteiger partial charge in [0.25, 0.3) is 0 Å². The van der Waals surface area contributed by atoms with Crippen molar-refractivity contribution in [3.8, 4) is 0 Å². The number of hydrogen-bond acceptors (Lipinski definition) is 4. The van der Waals surface area contributed by atoms with Gasteiger partial charge in [-0.2, -0.15) is 0 Å². The highest BCUT2D eigenvalue weighted by molar-refractivity contribution is 7.09. The zero-order valence-electron chi connectivity index (χ0n) is 13.0. The Morgan fingerprint density at radius 1 is 1.29 bits per heavy atom. The quantitative estimate of drug-likeness (QED) is 0.907. The third-order valence-corrected chi connectivity index (χ3v) is 4.89. The molecule has 2 aromatic heterocycles. The number of hydrogen-bond donors (Lipinski definition) is 1. The zero-order chi connectivity index (χ0) is 14.9. The van der Waals surface area contributed by atoms with Crippen molar-refractivity contribution in [1.29, 1.82) is 0 Å². The van der Waals surface area contributed by atoms with Crippen molar-refractivity contribution in [2.24, 2.45) is 0 Å². The first-order valence-electron chi connectivity index (χ1n) is 7.62. The van der Waals surface area contributed by atoms with E-state index in [4.69, 9.17) is 4.98 Å². The summed E-state index contributed by atoms with van der Waals surface area (Å²) in [5.74, 6) is 0.759. The molecule has 112 valence electrons. The molecule has 0 unspecified atom stereocenters. The molecule has 0 aromatic carbocycles. The Labute approximate surface area is 130 Å². The molecule has 0 saturated heterocycles. The predicted molar refractivity (Wildman–Crippen MR) is 87.6 cm³/mol. The number of nitrogens with one attached hydrogen (secondary N) is 1. The fourth-order valence-corrected chi connectivity index (χ4v) is 3.54. The molecule has 2 heterocycles. The average molecular weight is 301 g/mol. The molecule has 3 nitrogen and oxygen atoms in total. The van der Waals surface area contributed by atoms with Crippen LogP contribution in [-0.4, -0.2) is 9.97 Å². The fraction of sp³-hybridized carbons (Fsp3) is 0.529. The number of thiazole rings is 1. The Morgan fingerprint density at radius 3 is 2.81 bits per heavy atom. The number of pyridine rings is 1. The minimum absolute atomic E-state index is 0.153. The standard InChI is InChI=1S/C17H23N3S/c1-17(2,3)15-6-7-18-8-13(15)9-19-10-14-11-21-16(20-14)12-4-5-12/h6-8,11-12,19H,4-5,9-10H2,1-3H3. The van der Waals surface area contributed by atoms with Crippen LogP contribution < -0.4 is 5.32 Å². The third kappa shape index (κ3) is 3.69. The van der Waals surface area contributed by atoms with Gasteiger partial charge in [-0.15, -0.1) is 11.3 Å². The third-order valence-electron chi connectivity index (χ3n) is 3.83. The minimum Gasteiger partial charge on any atom is -0.307 e. The van der Waals surface area contributed by atoms with Crippen LogP contribution in [0.4, 0.5) is 0 Å². The molecule has 0 atom stereocenters. The topological polar surface area (TPSA) is 37.8 Å². The molecule has 0 radical (unpaired) electrons. The summed E-state index contributed by atoms with van der Waals surface area (Å²) in [5.41, 5.74) is 3.97. The number of aromatic nitrogens is 2.